The zero-order valence-electron chi connectivity index (χ0n) is 15.3. The predicted molar refractivity (Wildman–Crippen MR) is 105 cm³/mol. The normalized spacial score (nSPS) is 18.1. The van der Waals surface area contributed by atoms with Gasteiger partial charge in [-0.05, 0) is 36.9 Å². The van der Waals surface area contributed by atoms with Crippen LogP contribution in [-0.4, -0.2) is 52.2 Å². The lowest BCUT2D eigenvalue weighted by Gasteiger charge is -2.28. The number of carbonyl (C=O) groups is 1. The molecule has 1 fully saturated rings. The molecule has 4 rings (SSSR count). The Balaban J connectivity index is 1.39. The van der Waals surface area contributed by atoms with Crippen LogP contribution < -0.4 is 0 Å². The standard InChI is InChI=1S/C20H23N3O3S/c1-22(13-17-9-14-5-2-3-7-19(14)27-17)20(25)18-10-16(26-21-18)12-23-8-4-6-15(24)11-23/h2-3,5,7,9-10,15,24H,4,6,8,11-13H2,1H3/t15-/m1/s1. The monoisotopic (exact) mass is 385 g/mol. The molecule has 0 bridgehead atoms. The van der Waals surface area contributed by atoms with Crippen LogP contribution in [0.3, 0.4) is 0 Å². The third-order valence-electron chi connectivity index (χ3n) is 4.85. The fourth-order valence-corrected chi connectivity index (χ4v) is 4.62. The number of piperidine rings is 1. The van der Waals surface area contributed by atoms with E-state index in [0.717, 1.165) is 24.3 Å². The van der Waals surface area contributed by atoms with Gasteiger partial charge >= 0.3 is 0 Å². The third-order valence-corrected chi connectivity index (χ3v) is 5.96. The Hall–Kier alpha value is -2.22. The number of hydrogen-bond donors (Lipinski definition) is 1. The van der Waals surface area contributed by atoms with Crippen LogP contribution >= 0.6 is 11.3 Å². The molecule has 3 heterocycles. The molecule has 7 heteroatoms. The molecule has 0 saturated carbocycles. The van der Waals surface area contributed by atoms with E-state index in [4.69, 9.17) is 4.52 Å². The number of amides is 1. The molecule has 0 spiro atoms. The van der Waals surface area contributed by atoms with E-state index in [9.17, 15) is 9.90 Å². The fourth-order valence-electron chi connectivity index (χ4n) is 3.50. The van der Waals surface area contributed by atoms with E-state index in [1.54, 1.807) is 29.4 Å². The SMILES string of the molecule is CN(Cc1cc2ccccc2s1)C(=O)c1cc(CN2CCC[C@@H](O)C2)on1. The molecule has 0 aliphatic carbocycles. The Bertz CT molecular complexity index is 902. The van der Waals surface area contributed by atoms with Gasteiger partial charge in [-0.15, -0.1) is 11.3 Å². The summed E-state index contributed by atoms with van der Waals surface area (Å²) >= 11 is 1.70. The van der Waals surface area contributed by atoms with Crippen molar-refractivity contribution in [2.45, 2.75) is 32.0 Å². The van der Waals surface area contributed by atoms with Crippen LogP contribution in [0.2, 0.25) is 0 Å². The number of fused-ring (bicyclic) bond motifs is 1. The summed E-state index contributed by atoms with van der Waals surface area (Å²) in [6, 6.07) is 12.1. The molecule has 1 amide bonds. The molecule has 1 saturated heterocycles. The summed E-state index contributed by atoms with van der Waals surface area (Å²) in [6.45, 7) is 2.67. The van der Waals surface area contributed by atoms with Gasteiger partial charge in [-0.3, -0.25) is 9.69 Å². The molecule has 0 unspecified atom stereocenters. The third kappa shape index (κ3) is 4.21. The highest BCUT2D eigenvalue weighted by molar-refractivity contribution is 7.19. The highest BCUT2D eigenvalue weighted by Crippen LogP contribution is 2.26. The molecular weight excluding hydrogens is 362 g/mol. The second kappa shape index (κ2) is 7.80. The zero-order valence-corrected chi connectivity index (χ0v) is 16.1. The van der Waals surface area contributed by atoms with E-state index in [2.05, 4.69) is 28.3 Å². The van der Waals surface area contributed by atoms with Crippen molar-refractivity contribution in [2.24, 2.45) is 0 Å². The molecule has 1 atom stereocenters. The number of nitrogens with zero attached hydrogens (tertiary/aromatic N) is 3. The van der Waals surface area contributed by atoms with Crippen LogP contribution in [0, 0.1) is 0 Å². The number of hydrogen-bond acceptors (Lipinski definition) is 6. The summed E-state index contributed by atoms with van der Waals surface area (Å²) in [4.78, 5) is 17.6. The number of rotatable bonds is 5. The Labute approximate surface area is 162 Å². The topological polar surface area (TPSA) is 69.8 Å². The molecule has 27 heavy (non-hydrogen) atoms. The van der Waals surface area contributed by atoms with Gasteiger partial charge in [0.05, 0.1) is 19.2 Å². The average molecular weight is 385 g/mol. The van der Waals surface area contributed by atoms with E-state index in [-0.39, 0.29) is 12.0 Å². The first-order valence-electron chi connectivity index (χ1n) is 9.17. The molecule has 2 aromatic heterocycles. The number of β-amino-alcohol motifs (C(OH)–C–C–N with tert-alkyl or cyclic N) is 1. The summed E-state index contributed by atoms with van der Waals surface area (Å²) in [5, 5.41) is 14.9. The highest BCUT2D eigenvalue weighted by Gasteiger charge is 2.22. The molecule has 3 aromatic rings. The van der Waals surface area contributed by atoms with Crippen LogP contribution in [-0.2, 0) is 13.1 Å². The number of likely N-dealkylation sites (tertiary alicyclic amines) is 1. The van der Waals surface area contributed by atoms with Crippen molar-refractivity contribution in [2.75, 3.05) is 20.1 Å². The Morgan fingerprint density at radius 2 is 2.26 bits per heavy atom. The second-order valence-corrected chi connectivity index (χ2v) is 8.29. The van der Waals surface area contributed by atoms with Crippen molar-refractivity contribution >= 4 is 27.3 Å². The largest absolute Gasteiger partial charge is 0.392 e. The van der Waals surface area contributed by atoms with Crippen LogP contribution in [0.15, 0.2) is 40.9 Å². The lowest BCUT2D eigenvalue weighted by Crippen LogP contribution is -2.37. The van der Waals surface area contributed by atoms with Crippen molar-refractivity contribution in [3.05, 3.63) is 52.7 Å². The molecule has 1 N–H and O–H groups in total. The number of carbonyl (C=O) groups excluding carboxylic acids is 1. The summed E-state index contributed by atoms with van der Waals surface area (Å²) in [5.41, 5.74) is 0.325. The molecule has 1 aliphatic rings. The molecule has 6 nitrogen and oxygen atoms in total. The molecule has 142 valence electrons. The summed E-state index contributed by atoms with van der Waals surface area (Å²) < 4.78 is 6.58. The first-order chi connectivity index (χ1) is 13.1. The molecule has 1 aliphatic heterocycles. The lowest BCUT2D eigenvalue weighted by molar-refractivity contribution is 0.0622. The van der Waals surface area contributed by atoms with Crippen LogP contribution in [0.1, 0.15) is 34.0 Å². The van der Waals surface area contributed by atoms with E-state index in [0.29, 0.717) is 31.1 Å². The van der Waals surface area contributed by atoms with Crippen LogP contribution in [0.5, 0.6) is 0 Å². The maximum absolute atomic E-state index is 12.7. The van der Waals surface area contributed by atoms with Crippen molar-refractivity contribution < 1.29 is 14.4 Å². The van der Waals surface area contributed by atoms with E-state index in [1.807, 2.05) is 12.1 Å². The van der Waals surface area contributed by atoms with E-state index >= 15 is 0 Å². The minimum atomic E-state index is -0.282. The van der Waals surface area contributed by atoms with E-state index < -0.39 is 0 Å². The van der Waals surface area contributed by atoms with Crippen LogP contribution in [0.25, 0.3) is 10.1 Å². The Morgan fingerprint density at radius 3 is 3.07 bits per heavy atom. The number of aliphatic hydroxyl groups is 1. The first-order valence-corrected chi connectivity index (χ1v) is 9.99. The summed E-state index contributed by atoms with van der Waals surface area (Å²) in [7, 11) is 1.78. The van der Waals surface area contributed by atoms with Gasteiger partial charge in [0, 0.05) is 29.2 Å². The molecule has 1 aromatic carbocycles. The van der Waals surface area contributed by atoms with Gasteiger partial charge in [-0.25, -0.2) is 0 Å². The zero-order chi connectivity index (χ0) is 18.8. The Kier molecular flexibility index (Phi) is 5.24. The van der Waals surface area contributed by atoms with Gasteiger partial charge in [0.2, 0.25) is 0 Å². The van der Waals surface area contributed by atoms with E-state index in [1.165, 1.54) is 10.1 Å². The number of aromatic nitrogens is 1. The average Bonchev–Trinajstić information content (AvgIpc) is 3.27. The second-order valence-electron chi connectivity index (χ2n) is 7.12. The minimum absolute atomic E-state index is 0.152. The van der Waals surface area contributed by atoms with Crippen LogP contribution in [0.4, 0.5) is 0 Å². The van der Waals surface area contributed by atoms with Crippen molar-refractivity contribution in [3.63, 3.8) is 0 Å². The van der Waals surface area contributed by atoms with Crippen molar-refractivity contribution in [1.29, 1.82) is 0 Å². The first kappa shape index (κ1) is 18.2. The Morgan fingerprint density at radius 1 is 1.41 bits per heavy atom. The minimum Gasteiger partial charge on any atom is -0.392 e. The highest BCUT2D eigenvalue weighted by atomic mass is 32.1. The van der Waals surface area contributed by atoms with Gasteiger partial charge in [0.25, 0.3) is 5.91 Å². The summed E-state index contributed by atoms with van der Waals surface area (Å²) in [6.07, 6.45) is 1.54. The maximum Gasteiger partial charge on any atom is 0.276 e. The summed E-state index contributed by atoms with van der Waals surface area (Å²) in [5.74, 6) is 0.504. The smallest absolute Gasteiger partial charge is 0.276 e. The number of aliphatic hydroxyl groups excluding tert-OH is 1. The number of thiophene rings is 1. The van der Waals surface area contributed by atoms with Gasteiger partial charge in [0.1, 0.15) is 0 Å². The van der Waals surface area contributed by atoms with Gasteiger partial charge < -0.3 is 14.5 Å². The van der Waals surface area contributed by atoms with Gasteiger partial charge in [-0.2, -0.15) is 0 Å². The van der Waals surface area contributed by atoms with Crippen molar-refractivity contribution in [1.82, 2.24) is 15.0 Å². The van der Waals surface area contributed by atoms with Gasteiger partial charge in [-0.1, -0.05) is 23.4 Å². The number of benzene rings is 1. The quantitative estimate of drug-likeness (QED) is 0.731. The van der Waals surface area contributed by atoms with Gasteiger partial charge in [0.15, 0.2) is 11.5 Å². The maximum atomic E-state index is 12.7. The fraction of sp³-hybridized carbons (Fsp3) is 0.400. The van der Waals surface area contributed by atoms with Crippen molar-refractivity contribution in [3.8, 4) is 0 Å². The molecule has 0 radical (unpaired) electrons. The molecular formula is C20H23N3O3S. The lowest BCUT2D eigenvalue weighted by atomic mass is 10.1. The predicted octanol–water partition coefficient (Wildman–Crippen LogP) is 3.12.